The number of hydrogen-bond donors (Lipinski definition) is 1. The van der Waals surface area contributed by atoms with E-state index in [0.717, 1.165) is 18.7 Å². The molecule has 1 aromatic carbocycles. The van der Waals surface area contributed by atoms with E-state index in [1.165, 1.54) is 30.4 Å². The van der Waals surface area contributed by atoms with E-state index >= 15 is 0 Å². The fourth-order valence-electron chi connectivity index (χ4n) is 2.45. The van der Waals surface area contributed by atoms with Crippen LogP contribution in [0.15, 0.2) is 18.2 Å². The third-order valence-electron chi connectivity index (χ3n) is 3.64. The van der Waals surface area contributed by atoms with Crippen LogP contribution in [0.4, 0.5) is 0 Å². The molecular formula is C15H22N2O. The number of aryl methyl sites for hydroxylation is 2. The minimum Gasteiger partial charge on any atom is -0.344 e. The van der Waals surface area contributed by atoms with E-state index in [-0.39, 0.29) is 5.91 Å². The molecule has 0 heterocycles. The highest BCUT2D eigenvalue weighted by Crippen LogP contribution is 2.23. The van der Waals surface area contributed by atoms with Gasteiger partial charge in [-0.25, -0.2) is 0 Å². The van der Waals surface area contributed by atoms with E-state index in [1.54, 1.807) is 4.90 Å². The van der Waals surface area contributed by atoms with Crippen LogP contribution in [0.3, 0.4) is 0 Å². The molecule has 1 aromatic rings. The van der Waals surface area contributed by atoms with Crippen molar-refractivity contribution in [1.29, 1.82) is 0 Å². The number of benzene rings is 1. The molecule has 0 atom stereocenters. The maximum atomic E-state index is 12.0. The summed E-state index contributed by atoms with van der Waals surface area (Å²) >= 11 is 0. The van der Waals surface area contributed by atoms with Crippen molar-refractivity contribution < 1.29 is 4.79 Å². The van der Waals surface area contributed by atoms with Crippen LogP contribution in [0.5, 0.6) is 0 Å². The maximum absolute atomic E-state index is 12.0. The highest BCUT2D eigenvalue weighted by Gasteiger charge is 2.13. The number of carbonyl (C=O) groups is 1. The SMILES string of the molecule is CNCCN(C)C(=O)Cc1ccc2c(c1)CCC2. The zero-order valence-corrected chi connectivity index (χ0v) is 11.3. The summed E-state index contributed by atoms with van der Waals surface area (Å²) in [7, 11) is 3.77. The zero-order chi connectivity index (χ0) is 13.0. The van der Waals surface area contributed by atoms with Gasteiger partial charge in [-0.3, -0.25) is 4.79 Å². The van der Waals surface area contributed by atoms with Gasteiger partial charge in [0, 0.05) is 20.1 Å². The molecule has 0 aliphatic heterocycles. The zero-order valence-electron chi connectivity index (χ0n) is 11.3. The normalized spacial score (nSPS) is 13.4. The fraction of sp³-hybridized carbons (Fsp3) is 0.533. The van der Waals surface area contributed by atoms with Gasteiger partial charge in [-0.15, -0.1) is 0 Å². The van der Waals surface area contributed by atoms with Crippen LogP contribution >= 0.6 is 0 Å². The molecule has 0 spiro atoms. The summed E-state index contributed by atoms with van der Waals surface area (Å²) in [4.78, 5) is 13.8. The largest absolute Gasteiger partial charge is 0.344 e. The van der Waals surface area contributed by atoms with Crippen molar-refractivity contribution in [2.45, 2.75) is 25.7 Å². The van der Waals surface area contributed by atoms with Crippen LogP contribution in [0.2, 0.25) is 0 Å². The summed E-state index contributed by atoms with van der Waals surface area (Å²) in [6.45, 7) is 1.60. The van der Waals surface area contributed by atoms with Crippen LogP contribution in [0.1, 0.15) is 23.1 Å². The van der Waals surface area contributed by atoms with Crippen LogP contribution in [0, 0.1) is 0 Å². The highest BCUT2D eigenvalue weighted by molar-refractivity contribution is 5.78. The lowest BCUT2D eigenvalue weighted by molar-refractivity contribution is -0.129. The summed E-state index contributed by atoms with van der Waals surface area (Å²) < 4.78 is 0. The number of amides is 1. The summed E-state index contributed by atoms with van der Waals surface area (Å²) in [5, 5.41) is 3.06. The smallest absolute Gasteiger partial charge is 0.226 e. The van der Waals surface area contributed by atoms with Crippen molar-refractivity contribution in [3.05, 3.63) is 34.9 Å². The van der Waals surface area contributed by atoms with E-state index in [4.69, 9.17) is 0 Å². The topological polar surface area (TPSA) is 32.3 Å². The summed E-state index contributed by atoms with van der Waals surface area (Å²) in [5.74, 6) is 0.197. The Morgan fingerprint density at radius 1 is 1.33 bits per heavy atom. The molecule has 0 bridgehead atoms. The highest BCUT2D eigenvalue weighted by atomic mass is 16.2. The third-order valence-corrected chi connectivity index (χ3v) is 3.64. The molecule has 18 heavy (non-hydrogen) atoms. The number of carbonyl (C=O) groups excluding carboxylic acids is 1. The third kappa shape index (κ3) is 3.10. The predicted octanol–water partition coefficient (Wildman–Crippen LogP) is 1.40. The summed E-state index contributed by atoms with van der Waals surface area (Å²) in [6, 6.07) is 6.51. The Kier molecular flexibility index (Phi) is 4.37. The van der Waals surface area contributed by atoms with Gasteiger partial charge in [-0.2, -0.15) is 0 Å². The molecule has 0 radical (unpaired) electrons. The standard InChI is InChI=1S/C15H22N2O/c1-16-8-9-17(2)15(18)11-12-6-7-13-4-3-5-14(13)10-12/h6-7,10,16H,3-5,8-9,11H2,1-2H3. The monoisotopic (exact) mass is 246 g/mol. The number of fused-ring (bicyclic) bond motifs is 1. The van der Waals surface area contributed by atoms with Crippen LogP contribution in [0.25, 0.3) is 0 Å². The van der Waals surface area contributed by atoms with Gasteiger partial charge in [-0.05, 0) is 43.0 Å². The molecule has 2 rings (SSSR count). The summed E-state index contributed by atoms with van der Waals surface area (Å²) in [5.41, 5.74) is 4.06. The van der Waals surface area contributed by atoms with Crippen molar-refractivity contribution in [3.8, 4) is 0 Å². The number of nitrogens with one attached hydrogen (secondary N) is 1. The first-order chi connectivity index (χ1) is 8.70. The van der Waals surface area contributed by atoms with Gasteiger partial charge < -0.3 is 10.2 Å². The molecule has 0 fully saturated rings. The van der Waals surface area contributed by atoms with Crippen molar-refractivity contribution in [2.24, 2.45) is 0 Å². The van der Waals surface area contributed by atoms with Gasteiger partial charge in [0.2, 0.25) is 5.91 Å². The molecule has 1 amide bonds. The van der Waals surface area contributed by atoms with Crippen LogP contribution in [-0.4, -0.2) is 38.0 Å². The molecule has 3 heteroatoms. The quantitative estimate of drug-likeness (QED) is 0.851. The molecule has 0 saturated heterocycles. The van der Waals surface area contributed by atoms with Crippen LogP contribution in [-0.2, 0) is 24.1 Å². The van der Waals surface area contributed by atoms with Crippen LogP contribution < -0.4 is 5.32 Å². The molecule has 1 N–H and O–H groups in total. The molecule has 0 saturated carbocycles. The van der Waals surface area contributed by atoms with Gasteiger partial charge in [0.25, 0.3) is 0 Å². The molecule has 0 unspecified atom stereocenters. The second kappa shape index (κ2) is 6.01. The Labute approximate surface area is 109 Å². The van der Waals surface area contributed by atoms with E-state index < -0.39 is 0 Å². The molecular weight excluding hydrogens is 224 g/mol. The second-order valence-electron chi connectivity index (χ2n) is 5.05. The lowest BCUT2D eigenvalue weighted by atomic mass is 10.0. The number of rotatable bonds is 5. The Balaban J connectivity index is 1.94. The Hall–Kier alpha value is -1.35. The van der Waals surface area contributed by atoms with E-state index in [2.05, 4.69) is 23.5 Å². The minimum atomic E-state index is 0.197. The average Bonchev–Trinajstić information content (AvgIpc) is 2.83. The van der Waals surface area contributed by atoms with Crippen molar-refractivity contribution >= 4 is 5.91 Å². The molecule has 0 aromatic heterocycles. The molecule has 1 aliphatic carbocycles. The van der Waals surface area contributed by atoms with E-state index in [0.29, 0.717) is 6.42 Å². The van der Waals surface area contributed by atoms with Crippen molar-refractivity contribution in [2.75, 3.05) is 27.2 Å². The van der Waals surface area contributed by atoms with Crippen molar-refractivity contribution in [3.63, 3.8) is 0 Å². The second-order valence-corrected chi connectivity index (χ2v) is 5.05. The first kappa shape index (κ1) is 13.1. The lowest BCUT2D eigenvalue weighted by Gasteiger charge is -2.17. The van der Waals surface area contributed by atoms with Gasteiger partial charge in [0.15, 0.2) is 0 Å². The van der Waals surface area contributed by atoms with Gasteiger partial charge in [0.05, 0.1) is 6.42 Å². The fourth-order valence-corrected chi connectivity index (χ4v) is 2.45. The number of hydrogen-bond acceptors (Lipinski definition) is 2. The minimum absolute atomic E-state index is 0.197. The number of likely N-dealkylation sites (N-methyl/N-ethyl adjacent to an activating group) is 2. The van der Waals surface area contributed by atoms with Gasteiger partial charge in [-0.1, -0.05) is 18.2 Å². The lowest BCUT2D eigenvalue weighted by Crippen LogP contribution is -2.33. The predicted molar refractivity (Wildman–Crippen MR) is 73.7 cm³/mol. The first-order valence-electron chi connectivity index (χ1n) is 6.70. The van der Waals surface area contributed by atoms with E-state index in [1.807, 2.05) is 14.1 Å². The van der Waals surface area contributed by atoms with Gasteiger partial charge in [0.1, 0.15) is 0 Å². The Bertz CT molecular complexity index is 429. The Morgan fingerprint density at radius 3 is 2.89 bits per heavy atom. The van der Waals surface area contributed by atoms with E-state index in [9.17, 15) is 4.79 Å². The van der Waals surface area contributed by atoms with Crippen molar-refractivity contribution in [1.82, 2.24) is 10.2 Å². The summed E-state index contributed by atoms with van der Waals surface area (Å²) in [6.07, 6.45) is 4.15. The molecule has 3 nitrogen and oxygen atoms in total. The average molecular weight is 246 g/mol. The Morgan fingerprint density at radius 2 is 2.11 bits per heavy atom. The molecule has 98 valence electrons. The number of nitrogens with zero attached hydrogens (tertiary/aromatic N) is 1. The van der Waals surface area contributed by atoms with Gasteiger partial charge >= 0.3 is 0 Å². The first-order valence-corrected chi connectivity index (χ1v) is 6.70. The molecule has 1 aliphatic rings. The maximum Gasteiger partial charge on any atom is 0.226 e.